The van der Waals surface area contributed by atoms with Gasteiger partial charge in [0.1, 0.15) is 11.3 Å². The number of nitrogens with two attached hydrogens (primary N) is 2. The van der Waals surface area contributed by atoms with Crippen LogP contribution in [0.15, 0.2) is 48.9 Å². The molecule has 0 aliphatic carbocycles. The van der Waals surface area contributed by atoms with Crippen molar-refractivity contribution < 1.29 is 9.53 Å². The highest BCUT2D eigenvalue weighted by molar-refractivity contribution is 6.02. The highest BCUT2D eigenvalue weighted by Gasteiger charge is 2.23. The van der Waals surface area contributed by atoms with Gasteiger partial charge in [-0.05, 0) is 24.6 Å². The van der Waals surface area contributed by atoms with Gasteiger partial charge < -0.3 is 26.1 Å². The van der Waals surface area contributed by atoms with Crippen LogP contribution in [0.2, 0.25) is 0 Å². The molecule has 0 bridgehead atoms. The van der Waals surface area contributed by atoms with E-state index in [0.717, 1.165) is 52.9 Å². The number of anilines is 2. The molecule has 34 heavy (non-hydrogen) atoms. The number of ketones is 1. The van der Waals surface area contributed by atoms with Crippen molar-refractivity contribution in [1.82, 2.24) is 19.9 Å². The second kappa shape index (κ2) is 9.58. The van der Waals surface area contributed by atoms with Gasteiger partial charge in [0.2, 0.25) is 0 Å². The minimum atomic E-state index is -0.196. The molecule has 0 unspecified atom stereocenters. The lowest BCUT2D eigenvalue weighted by molar-refractivity contribution is 0.0988. The van der Waals surface area contributed by atoms with E-state index in [0.29, 0.717) is 25.5 Å². The van der Waals surface area contributed by atoms with Crippen LogP contribution >= 0.6 is 0 Å². The highest BCUT2D eigenvalue weighted by Crippen LogP contribution is 2.31. The summed E-state index contributed by atoms with van der Waals surface area (Å²) in [4.78, 5) is 32.2. The smallest absolute Gasteiger partial charge is 0.189 e. The quantitative estimate of drug-likeness (QED) is 0.360. The number of aromatic amines is 1. The Labute approximate surface area is 197 Å². The van der Waals surface area contributed by atoms with Crippen LogP contribution in [0, 0.1) is 0 Å². The molecule has 1 saturated heterocycles. The summed E-state index contributed by atoms with van der Waals surface area (Å²) in [5, 5.41) is 0.984. The van der Waals surface area contributed by atoms with Gasteiger partial charge in [0.15, 0.2) is 11.6 Å². The number of carbonyl (C=O) groups excluding carboxylic acids is 1. The van der Waals surface area contributed by atoms with Crippen molar-refractivity contribution in [2.45, 2.75) is 12.8 Å². The Bertz CT molecular complexity index is 1310. The summed E-state index contributed by atoms with van der Waals surface area (Å²) in [6.07, 6.45) is 6.14. The fraction of sp³-hybridized carbons (Fsp3) is 0.280. The SMILES string of the molecule is NCCc1ccc(-c2cnc(N)c(C(=O)Cc3cnc4[nH]ccc4c3N3CCOCC3)n2)cc1. The molecule has 3 aromatic heterocycles. The number of H-pyrrole nitrogens is 1. The van der Waals surface area contributed by atoms with Gasteiger partial charge in [0.05, 0.1) is 30.8 Å². The van der Waals surface area contributed by atoms with Crippen molar-refractivity contribution in [3.63, 3.8) is 0 Å². The summed E-state index contributed by atoms with van der Waals surface area (Å²) in [6.45, 7) is 3.39. The fourth-order valence-corrected chi connectivity index (χ4v) is 4.33. The van der Waals surface area contributed by atoms with Gasteiger partial charge in [-0.1, -0.05) is 24.3 Å². The molecule has 1 aromatic carbocycles. The standard InChI is InChI=1S/C25H27N7O2/c26-7-5-16-1-3-17(4-2-16)20-15-29-24(27)22(31-20)21(33)13-18-14-30-25-19(6-8-28-25)23(18)32-9-11-34-12-10-32/h1-4,6,8,14-15H,5,7,9-13,26H2,(H2,27,29)(H,28,30). The Morgan fingerprint density at radius 3 is 2.65 bits per heavy atom. The highest BCUT2D eigenvalue weighted by atomic mass is 16.5. The Morgan fingerprint density at radius 1 is 1.09 bits per heavy atom. The number of carbonyl (C=O) groups is 1. The van der Waals surface area contributed by atoms with E-state index in [9.17, 15) is 4.79 Å². The molecule has 174 valence electrons. The number of hydrogen-bond acceptors (Lipinski definition) is 8. The molecule has 0 atom stereocenters. The minimum absolute atomic E-state index is 0.122. The van der Waals surface area contributed by atoms with Crippen LogP contribution in [-0.4, -0.2) is 58.6 Å². The molecular formula is C25H27N7O2. The van der Waals surface area contributed by atoms with Crippen LogP contribution in [0.25, 0.3) is 22.3 Å². The summed E-state index contributed by atoms with van der Waals surface area (Å²) in [7, 11) is 0. The Kier molecular flexibility index (Phi) is 6.20. The summed E-state index contributed by atoms with van der Waals surface area (Å²) in [6, 6.07) is 9.92. The topological polar surface area (TPSA) is 136 Å². The van der Waals surface area contributed by atoms with Gasteiger partial charge in [0, 0.05) is 48.4 Å². The first kappa shape index (κ1) is 22.0. The maximum absolute atomic E-state index is 13.4. The van der Waals surface area contributed by atoms with E-state index in [-0.39, 0.29) is 23.7 Å². The van der Waals surface area contributed by atoms with Gasteiger partial charge in [-0.2, -0.15) is 0 Å². The first-order valence-corrected chi connectivity index (χ1v) is 11.4. The average molecular weight is 458 g/mol. The van der Waals surface area contributed by atoms with E-state index >= 15 is 0 Å². The van der Waals surface area contributed by atoms with Crippen LogP contribution in [0.5, 0.6) is 0 Å². The van der Waals surface area contributed by atoms with Gasteiger partial charge in [-0.15, -0.1) is 0 Å². The zero-order valence-electron chi connectivity index (χ0n) is 18.8. The van der Waals surface area contributed by atoms with Crippen LogP contribution in [0.3, 0.4) is 0 Å². The number of nitrogens with one attached hydrogen (secondary N) is 1. The number of fused-ring (bicyclic) bond motifs is 1. The number of hydrogen-bond donors (Lipinski definition) is 3. The minimum Gasteiger partial charge on any atom is -0.382 e. The predicted molar refractivity (Wildman–Crippen MR) is 132 cm³/mol. The molecule has 1 aliphatic heterocycles. The molecule has 0 amide bonds. The van der Waals surface area contributed by atoms with Gasteiger partial charge in [-0.3, -0.25) is 4.79 Å². The number of Topliss-reactive ketones (excluding diaryl/α,β-unsaturated/α-hetero) is 1. The molecule has 0 spiro atoms. The van der Waals surface area contributed by atoms with Crippen LogP contribution in [0.1, 0.15) is 21.6 Å². The summed E-state index contributed by atoms with van der Waals surface area (Å²) >= 11 is 0. The number of aromatic nitrogens is 4. The second-order valence-corrected chi connectivity index (χ2v) is 8.30. The number of ether oxygens (including phenoxy) is 1. The number of pyridine rings is 1. The lowest BCUT2D eigenvalue weighted by Crippen LogP contribution is -2.37. The van der Waals surface area contributed by atoms with E-state index in [1.54, 1.807) is 12.4 Å². The molecule has 0 saturated carbocycles. The second-order valence-electron chi connectivity index (χ2n) is 8.30. The first-order valence-electron chi connectivity index (χ1n) is 11.4. The molecule has 4 aromatic rings. The number of rotatable bonds is 7. The maximum Gasteiger partial charge on any atom is 0.189 e. The van der Waals surface area contributed by atoms with E-state index < -0.39 is 0 Å². The van der Waals surface area contributed by atoms with Crippen molar-refractivity contribution in [2.24, 2.45) is 5.73 Å². The molecule has 5 N–H and O–H groups in total. The molecule has 9 heteroatoms. The molecule has 1 aliphatic rings. The summed E-state index contributed by atoms with van der Waals surface area (Å²) in [5.74, 6) is -0.0742. The lowest BCUT2D eigenvalue weighted by atomic mass is 10.0. The van der Waals surface area contributed by atoms with E-state index in [4.69, 9.17) is 16.2 Å². The Balaban J connectivity index is 1.46. The Morgan fingerprint density at radius 2 is 1.88 bits per heavy atom. The van der Waals surface area contributed by atoms with Gasteiger partial charge >= 0.3 is 0 Å². The normalized spacial score (nSPS) is 14.0. The third-order valence-electron chi connectivity index (χ3n) is 6.06. The van der Waals surface area contributed by atoms with Crippen molar-refractivity contribution in [3.8, 4) is 11.3 Å². The molecule has 4 heterocycles. The zero-order valence-corrected chi connectivity index (χ0v) is 18.8. The fourth-order valence-electron chi connectivity index (χ4n) is 4.33. The van der Waals surface area contributed by atoms with E-state index in [2.05, 4.69) is 24.8 Å². The van der Waals surface area contributed by atoms with Crippen molar-refractivity contribution in [1.29, 1.82) is 0 Å². The van der Waals surface area contributed by atoms with Crippen LogP contribution < -0.4 is 16.4 Å². The van der Waals surface area contributed by atoms with Crippen molar-refractivity contribution in [3.05, 3.63) is 65.7 Å². The third-order valence-corrected chi connectivity index (χ3v) is 6.06. The van der Waals surface area contributed by atoms with Gasteiger partial charge in [-0.25, -0.2) is 15.0 Å². The molecule has 0 radical (unpaired) electrons. The van der Waals surface area contributed by atoms with Gasteiger partial charge in [0.25, 0.3) is 0 Å². The lowest BCUT2D eigenvalue weighted by Gasteiger charge is -2.31. The van der Waals surface area contributed by atoms with Crippen molar-refractivity contribution in [2.75, 3.05) is 43.5 Å². The number of benzene rings is 1. The maximum atomic E-state index is 13.4. The van der Waals surface area contributed by atoms with Crippen LogP contribution in [-0.2, 0) is 17.6 Å². The predicted octanol–water partition coefficient (Wildman–Crippen LogP) is 2.37. The molecule has 1 fully saturated rings. The molecular weight excluding hydrogens is 430 g/mol. The summed E-state index contributed by atoms with van der Waals surface area (Å²) in [5.41, 5.74) is 17.1. The number of nitrogens with zero attached hydrogens (tertiary/aromatic N) is 4. The largest absolute Gasteiger partial charge is 0.382 e. The van der Waals surface area contributed by atoms with E-state index in [1.807, 2.05) is 36.5 Å². The van der Waals surface area contributed by atoms with E-state index in [1.165, 1.54) is 0 Å². The Hall–Kier alpha value is -3.82. The number of morpholine rings is 1. The number of nitrogen functional groups attached to an aromatic ring is 1. The van der Waals surface area contributed by atoms with Crippen molar-refractivity contribution >= 4 is 28.3 Å². The average Bonchev–Trinajstić information content (AvgIpc) is 3.34. The monoisotopic (exact) mass is 457 g/mol. The van der Waals surface area contributed by atoms with Crippen LogP contribution in [0.4, 0.5) is 11.5 Å². The first-order chi connectivity index (χ1) is 16.6. The molecule has 9 nitrogen and oxygen atoms in total. The zero-order chi connectivity index (χ0) is 23.5. The summed E-state index contributed by atoms with van der Waals surface area (Å²) < 4.78 is 5.52. The third kappa shape index (κ3) is 4.35. The molecule has 5 rings (SSSR count).